The van der Waals surface area contributed by atoms with Crippen molar-refractivity contribution in [2.45, 2.75) is 77.9 Å². The van der Waals surface area contributed by atoms with Crippen LogP contribution in [0.5, 0.6) is 0 Å². The number of hydrogen-bond acceptors (Lipinski definition) is 0. The third-order valence-corrected chi connectivity index (χ3v) is 6.57. The summed E-state index contributed by atoms with van der Waals surface area (Å²) in [6.45, 7) is 6.78. The van der Waals surface area contributed by atoms with E-state index < -0.39 is 0 Å². The van der Waals surface area contributed by atoms with Crippen molar-refractivity contribution in [2.24, 2.45) is 0 Å². The highest BCUT2D eigenvalue weighted by Gasteiger charge is 2.28. The molecule has 0 aliphatic rings. The summed E-state index contributed by atoms with van der Waals surface area (Å²) >= 11 is 0. The van der Waals surface area contributed by atoms with Crippen molar-refractivity contribution in [1.29, 1.82) is 0 Å². The molecule has 1 nitrogen and oxygen atoms in total. The second-order valence-corrected chi connectivity index (χ2v) is 9.47. The number of halogens is 1. The maximum atomic E-state index is 2.30. The lowest BCUT2D eigenvalue weighted by atomic mass is 10.0. The summed E-state index contributed by atoms with van der Waals surface area (Å²) in [5.41, 5.74) is 4.33. The van der Waals surface area contributed by atoms with Gasteiger partial charge in [-0.3, -0.25) is 0 Å². The molecule has 0 saturated carbocycles. The SMILES string of the molecule is CCCCCCCCCC[N+](Cc1ccccc1)(Cc1ccccc1)Cc1ccccc1.[Cl-]. The molecule has 0 aliphatic carbocycles. The summed E-state index contributed by atoms with van der Waals surface area (Å²) in [4.78, 5) is 0. The number of benzene rings is 3. The first-order valence-electron chi connectivity index (χ1n) is 12.8. The molecule has 0 atom stereocenters. The number of nitrogens with zero attached hydrogens (tertiary/aromatic N) is 1. The Kier molecular flexibility index (Phi) is 12.9. The fourth-order valence-corrected chi connectivity index (χ4v) is 4.90. The highest BCUT2D eigenvalue weighted by atomic mass is 35.5. The Morgan fingerprint density at radius 3 is 1.15 bits per heavy atom. The molecule has 0 unspecified atom stereocenters. The van der Waals surface area contributed by atoms with E-state index >= 15 is 0 Å². The molecule has 0 amide bonds. The van der Waals surface area contributed by atoms with E-state index in [0.717, 1.165) is 24.1 Å². The van der Waals surface area contributed by atoms with Crippen molar-refractivity contribution in [3.05, 3.63) is 108 Å². The zero-order valence-corrected chi connectivity index (χ0v) is 21.2. The molecule has 0 aromatic heterocycles. The van der Waals surface area contributed by atoms with Crippen LogP contribution in [0.15, 0.2) is 91.0 Å². The Bertz CT molecular complexity index is 746. The molecule has 33 heavy (non-hydrogen) atoms. The van der Waals surface area contributed by atoms with E-state index in [1.807, 2.05) is 0 Å². The lowest BCUT2D eigenvalue weighted by Gasteiger charge is -2.39. The van der Waals surface area contributed by atoms with Gasteiger partial charge in [-0.1, -0.05) is 136 Å². The average Bonchev–Trinajstić information content (AvgIpc) is 2.83. The molecule has 3 aromatic rings. The molecular formula is C31H42ClN. The Morgan fingerprint density at radius 2 is 0.788 bits per heavy atom. The largest absolute Gasteiger partial charge is 1.00 e. The van der Waals surface area contributed by atoms with E-state index in [2.05, 4.69) is 97.9 Å². The van der Waals surface area contributed by atoms with Gasteiger partial charge in [0.2, 0.25) is 0 Å². The zero-order valence-electron chi connectivity index (χ0n) is 20.5. The lowest BCUT2D eigenvalue weighted by Crippen LogP contribution is -3.00. The topological polar surface area (TPSA) is 0 Å². The number of hydrogen-bond donors (Lipinski definition) is 0. The van der Waals surface area contributed by atoms with Crippen molar-refractivity contribution >= 4 is 0 Å². The van der Waals surface area contributed by atoms with Crippen LogP contribution in [0.2, 0.25) is 0 Å². The van der Waals surface area contributed by atoms with E-state index in [0.29, 0.717) is 0 Å². The molecule has 0 bridgehead atoms. The van der Waals surface area contributed by atoms with Gasteiger partial charge in [-0.25, -0.2) is 0 Å². The van der Waals surface area contributed by atoms with Crippen LogP contribution in [0, 0.1) is 0 Å². The van der Waals surface area contributed by atoms with E-state index in [1.54, 1.807) is 0 Å². The summed E-state index contributed by atoms with van der Waals surface area (Å²) in [5.74, 6) is 0. The molecule has 3 aromatic carbocycles. The van der Waals surface area contributed by atoms with Gasteiger partial charge < -0.3 is 16.9 Å². The second kappa shape index (κ2) is 15.7. The van der Waals surface area contributed by atoms with E-state index in [4.69, 9.17) is 0 Å². The molecule has 2 heteroatoms. The summed E-state index contributed by atoms with van der Waals surface area (Å²) < 4.78 is 1.09. The van der Waals surface area contributed by atoms with Gasteiger partial charge in [0.15, 0.2) is 0 Å². The molecule has 0 N–H and O–H groups in total. The Balaban J connectivity index is 0.00000385. The third kappa shape index (κ3) is 10.2. The minimum absolute atomic E-state index is 0. The van der Waals surface area contributed by atoms with Gasteiger partial charge in [0.25, 0.3) is 0 Å². The summed E-state index contributed by atoms with van der Waals surface area (Å²) in [5, 5.41) is 0. The molecule has 0 spiro atoms. The van der Waals surface area contributed by atoms with Gasteiger partial charge in [-0.15, -0.1) is 0 Å². The van der Waals surface area contributed by atoms with Crippen molar-refractivity contribution in [3.63, 3.8) is 0 Å². The van der Waals surface area contributed by atoms with Crippen LogP contribution < -0.4 is 12.4 Å². The fraction of sp³-hybridized carbons (Fsp3) is 0.419. The van der Waals surface area contributed by atoms with Crippen molar-refractivity contribution < 1.29 is 16.9 Å². The maximum absolute atomic E-state index is 2.30. The molecule has 0 heterocycles. The van der Waals surface area contributed by atoms with Crippen LogP contribution in [-0.2, 0) is 19.6 Å². The van der Waals surface area contributed by atoms with Crippen LogP contribution in [0.3, 0.4) is 0 Å². The summed E-state index contributed by atoms with van der Waals surface area (Å²) in [6.07, 6.45) is 11.0. The van der Waals surface area contributed by atoms with Crippen LogP contribution in [-0.4, -0.2) is 11.0 Å². The van der Waals surface area contributed by atoms with E-state index in [-0.39, 0.29) is 12.4 Å². The molecule has 0 radical (unpaired) electrons. The third-order valence-electron chi connectivity index (χ3n) is 6.57. The summed E-state index contributed by atoms with van der Waals surface area (Å²) in [7, 11) is 0. The highest BCUT2D eigenvalue weighted by Crippen LogP contribution is 2.26. The van der Waals surface area contributed by atoms with Crippen LogP contribution >= 0.6 is 0 Å². The molecular weight excluding hydrogens is 422 g/mol. The Morgan fingerprint density at radius 1 is 0.455 bits per heavy atom. The predicted octanol–water partition coefficient (Wildman–Crippen LogP) is 5.55. The standard InChI is InChI=1S/C31H42N.ClH/c1-2-3-4-5-6-7-8-18-25-32(26-29-19-12-9-13-20-29,27-30-21-14-10-15-22-30)28-31-23-16-11-17-24-31;/h9-17,19-24H,2-8,18,25-28H2,1H3;1H/q+1;/p-1. The first kappa shape index (κ1) is 27.2. The predicted molar refractivity (Wildman–Crippen MR) is 138 cm³/mol. The Hall–Kier alpha value is -2.09. The Labute approximate surface area is 208 Å². The van der Waals surface area contributed by atoms with Gasteiger partial charge in [0, 0.05) is 16.7 Å². The number of rotatable bonds is 15. The van der Waals surface area contributed by atoms with E-state index in [9.17, 15) is 0 Å². The highest BCUT2D eigenvalue weighted by molar-refractivity contribution is 5.17. The van der Waals surface area contributed by atoms with Crippen LogP contribution in [0.1, 0.15) is 75.0 Å². The van der Waals surface area contributed by atoms with Gasteiger partial charge in [0.05, 0.1) is 6.54 Å². The quantitative estimate of drug-likeness (QED) is 0.205. The molecule has 0 saturated heterocycles. The van der Waals surface area contributed by atoms with Crippen molar-refractivity contribution in [1.82, 2.24) is 0 Å². The molecule has 0 aliphatic heterocycles. The number of unbranched alkanes of at least 4 members (excludes halogenated alkanes) is 7. The maximum Gasteiger partial charge on any atom is 0.105 e. The lowest BCUT2D eigenvalue weighted by molar-refractivity contribution is -0.966. The van der Waals surface area contributed by atoms with Gasteiger partial charge >= 0.3 is 0 Å². The average molecular weight is 464 g/mol. The monoisotopic (exact) mass is 463 g/mol. The van der Waals surface area contributed by atoms with Crippen molar-refractivity contribution in [2.75, 3.05) is 6.54 Å². The first-order valence-corrected chi connectivity index (χ1v) is 12.8. The van der Waals surface area contributed by atoms with Crippen molar-refractivity contribution in [3.8, 4) is 0 Å². The normalized spacial score (nSPS) is 11.2. The second-order valence-electron chi connectivity index (χ2n) is 9.47. The molecule has 0 fully saturated rings. The minimum atomic E-state index is 0. The summed E-state index contributed by atoms with van der Waals surface area (Å²) in [6, 6.07) is 33.3. The molecule has 178 valence electrons. The first-order chi connectivity index (χ1) is 15.8. The zero-order chi connectivity index (χ0) is 22.3. The fourth-order valence-electron chi connectivity index (χ4n) is 4.90. The van der Waals surface area contributed by atoms with Gasteiger partial charge in [-0.05, 0) is 12.8 Å². The van der Waals surface area contributed by atoms with E-state index in [1.165, 1.54) is 74.6 Å². The van der Waals surface area contributed by atoms with Crippen LogP contribution in [0.25, 0.3) is 0 Å². The molecule has 3 rings (SSSR count). The smallest absolute Gasteiger partial charge is 0.105 e. The minimum Gasteiger partial charge on any atom is -1.00 e. The van der Waals surface area contributed by atoms with Crippen LogP contribution in [0.4, 0.5) is 0 Å². The number of quaternary nitrogens is 1. The van der Waals surface area contributed by atoms with Gasteiger partial charge in [-0.2, -0.15) is 0 Å². The van der Waals surface area contributed by atoms with Gasteiger partial charge in [0.1, 0.15) is 19.6 Å².